The third-order valence-electron chi connectivity index (χ3n) is 4.84. The Hall–Kier alpha value is -0.570. The lowest BCUT2D eigenvalue weighted by molar-refractivity contribution is 0.174. The van der Waals surface area contributed by atoms with Crippen LogP contribution in [0.15, 0.2) is 24.3 Å². The smallest absolute Gasteiger partial charge is 0.0409 e. The first-order chi connectivity index (χ1) is 9.60. The van der Waals surface area contributed by atoms with Gasteiger partial charge >= 0.3 is 0 Å². The van der Waals surface area contributed by atoms with Gasteiger partial charge in [-0.1, -0.05) is 23.7 Å². The van der Waals surface area contributed by atoms with E-state index < -0.39 is 0 Å². The highest BCUT2D eigenvalue weighted by Gasteiger charge is 2.23. The maximum absolute atomic E-state index is 6.09. The summed E-state index contributed by atoms with van der Waals surface area (Å²) in [6.45, 7) is 4.30. The highest BCUT2D eigenvalue weighted by atomic mass is 35.5. The number of hydrogen-bond donors (Lipinski definition) is 1. The van der Waals surface area contributed by atoms with Crippen LogP contribution in [-0.2, 0) is 0 Å². The van der Waals surface area contributed by atoms with E-state index in [1.807, 2.05) is 12.1 Å². The minimum absolute atomic E-state index is 0.418. The van der Waals surface area contributed by atoms with Gasteiger partial charge in [-0.25, -0.2) is 0 Å². The number of rotatable bonds is 5. The lowest BCUT2D eigenvalue weighted by atomic mass is 9.81. The predicted octanol–water partition coefficient (Wildman–Crippen LogP) is 4.10. The summed E-state index contributed by atoms with van der Waals surface area (Å²) in [6.07, 6.45) is 5.27. The van der Waals surface area contributed by atoms with Crippen molar-refractivity contribution in [3.63, 3.8) is 0 Å². The molecule has 1 unspecified atom stereocenters. The second-order valence-corrected chi connectivity index (χ2v) is 6.73. The van der Waals surface area contributed by atoms with E-state index in [1.165, 1.54) is 37.8 Å². The molecule has 1 aromatic rings. The van der Waals surface area contributed by atoms with Gasteiger partial charge < -0.3 is 5.73 Å². The van der Waals surface area contributed by atoms with Crippen LogP contribution in [0.25, 0.3) is 0 Å². The van der Waals surface area contributed by atoms with Crippen molar-refractivity contribution < 1.29 is 0 Å². The Morgan fingerprint density at radius 1 is 1.25 bits per heavy atom. The Morgan fingerprint density at radius 3 is 2.50 bits per heavy atom. The predicted molar refractivity (Wildman–Crippen MR) is 87.0 cm³/mol. The highest BCUT2D eigenvalue weighted by molar-refractivity contribution is 6.30. The fourth-order valence-electron chi connectivity index (χ4n) is 3.24. The molecule has 3 heteroatoms. The molecule has 1 aromatic carbocycles. The average Bonchev–Trinajstić information content (AvgIpc) is 2.47. The van der Waals surface area contributed by atoms with Gasteiger partial charge in [-0.3, -0.25) is 4.90 Å². The summed E-state index contributed by atoms with van der Waals surface area (Å²) in [5.74, 6) is 1.59. The molecular formula is C17H27ClN2. The van der Waals surface area contributed by atoms with Crippen LogP contribution in [0, 0.1) is 11.8 Å². The summed E-state index contributed by atoms with van der Waals surface area (Å²) in [6, 6.07) is 8.63. The number of halogens is 1. The zero-order valence-corrected chi connectivity index (χ0v) is 13.4. The lowest BCUT2D eigenvalue weighted by Gasteiger charge is -2.33. The van der Waals surface area contributed by atoms with E-state index >= 15 is 0 Å². The molecular weight excluding hydrogens is 268 g/mol. The molecule has 112 valence electrons. The van der Waals surface area contributed by atoms with Crippen LogP contribution in [0.5, 0.6) is 0 Å². The number of hydrogen-bond acceptors (Lipinski definition) is 2. The summed E-state index contributed by atoms with van der Waals surface area (Å²) in [5, 5.41) is 0.825. The molecule has 0 saturated heterocycles. The molecule has 1 aliphatic carbocycles. The molecule has 0 aliphatic heterocycles. The third-order valence-corrected chi connectivity index (χ3v) is 5.07. The van der Waals surface area contributed by atoms with Gasteiger partial charge in [0.25, 0.3) is 0 Å². The van der Waals surface area contributed by atoms with Crippen LogP contribution >= 0.6 is 11.6 Å². The van der Waals surface area contributed by atoms with E-state index in [9.17, 15) is 0 Å². The molecule has 1 fully saturated rings. The quantitative estimate of drug-likeness (QED) is 0.886. The molecule has 2 rings (SSSR count). The van der Waals surface area contributed by atoms with E-state index in [0.29, 0.717) is 6.04 Å². The molecule has 1 atom stereocenters. The summed E-state index contributed by atoms with van der Waals surface area (Å²) < 4.78 is 0. The Balaban J connectivity index is 1.87. The van der Waals surface area contributed by atoms with Crippen molar-refractivity contribution >= 4 is 11.6 Å². The Kier molecular flexibility index (Phi) is 5.88. The maximum atomic E-state index is 6.09. The Morgan fingerprint density at radius 2 is 1.90 bits per heavy atom. The maximum Gasteiger partial charge on any atom is 0.0409 e. The number of benzene rings is 1. The van der Waals surface area contributed by atoms with Gasteiger partial charge in [-0.2, -0.15) is 0 Å². The van der Waals surface area contributed by atoms with Crippen LogP contribution in [0.1, 0.15) is 44.2 Å². The summed E-state index contributed by atoms with van der Waals surface area (Å²) in [4.78, 5) is 2.46. The second-order valence-electron chi connectivity index (χ2n) is 6.29. The first-order valence-corrected chi connectivity index (χ1v) is 8.13. The third kappa shape index (κ3) is 4.21. The van der Waals surface area contributed by atoms with Crippen molar-refractivity contribution in [1.82, 2.24) is 4.90 Å². The van der Waals surface area contributed by atoms with E-state index in [1.54, 1.807) is 0 Å². The minimum atomic E-state index is 0.418. The summed E-state index contributed by atoms with van der Waals surface area (Å²) in [7, 11) is 2.22. The van der Waals surface area contributed by atoms with E-state index in [2.05, 4.69) is 31.0 Å². The molecule has 0 amide bonds. The van der Waals surface area contributed by atoms with Crippen molar-refractivity contribution in [2.45, 2.75) is 38.6 Å². The molecule has 0 spiro atoms. The van der Waals surface area contributed by atoms with Crippen molar-refractivity contribution in [2.24, 2.45) is 17.6 Å². The van der Waals surface area contributed by atoms with Crippen molar-refractivity contribution in [1.29, 1.82) is 0 Å². The standard InChI is InChI=1S/C17H27ClN2/c1-13(16-4-3-5-17(18)10-16)20(2)12-15-8-6-14(11-19)7-9-15/h3-5,10,13-15H,6-9,11-12,19H2,1-2H3. The zero-order chi connectivity index (χ0) is 14.5. The Bertz CT molecular complexity index is 413. The van der Waals surface area contributed by atoms with Gasteiger partial charge in [0.2, 0.25) is 0 Å². The molecule has 2 N–H and O–H groups in total. The molecule has 1 aliphatic rings. The fraction of sp³-hybridized carbons (Fsp3) is 0.647. The topological polar surface area (TPSA) is 29.3 Å². The van der Waals surface area contributed by atoms with Gasteiger partial charge in [0, 0.05) is 17.6 Å². The SMILES string of the molecule is CC(c1cccc(Cl)c1)N(C)CC1CCC(CN)CC1. The number of nitrogens with zero attached hydrogens (tertiary/aromatic N) is 1. The first-order valence-electron chi connectivity index (χ1n) is 7.76. The number of nitrogens with two attached hydrogens (primary N) is 1. The van der Waals surface area contributed by atoms with Gasteiger partial charge in [0.05, 0.1) is 0 Å². The molecule has 1 saturated carbocycles. The van der Waals surface area contributed by atoms with Crippen LogP contribution in [-0.4, -0.2) is 25.0 Å². The van der Waals surface area contributed by atoms with Crippen molar-refractivity contribution in [3.8, 4) is 0 Å². The van der Waals surface area contributed by atoms with Gasteiger partial charge in [-0.05, 0) is 75.7 Å². The van der Waals surface area contributed by atoms with E-state index in [0.717, 1.165) is 23.4 Å². The molecule has 0 aromatic heterocycles. The fourth-order valence-corrected chi connectivity index (χ4v) is 3.43. The zero-order valence-electron chi connectivity index (χ0n) is 12.7. The summed E-state index contributed by atoms with van der Waals surface area (Å²) in [5.41, 5.74) is 7.07. The molecule has 0 radical (unpaired) electrons. The highest BCUT2D eigenvalue weighted by Crippen LogP contribution is 2.30. The largest absolute Gasteiger partial charge is 0.330 e. The molecule has 0 heterocycles. The average molecular weight is 295 g/mol. The normalized spacial score (nSPS) is 24.9. The van der Waals surface area contributed by atoms with Gasteiger partial charge in [0.1, 0.15) is 0 Å². The van der Waals surface area contributed by atoms with Crippen LogP contribution < -0.4 is 5.73 Å². The van der Waals surface area contributed by atoms with Crippen LogP contribution in [0.4, 0.5) is 0 Å². The molecule has 2 nitrogen and oxygen atoms in total. The van der Waals surface area contributed by atoms with Crippen molar-refractivity contribution in [3.05, 3.63) is 34.9 Å². The Labute approximate surface area is 128 Å². The molecule has 0 bridgehead atoms. The van der Waals surface area contributed by atoms with Gasteiger partial charge in [-0.15, -0.1) is 0 Å². The van der Waals surface area contributed by atoms with E-state index in [4.69, 9.17) is 17.3 Å². The molecule has 20 heavy (non-hydrogen) atoms. The lowest BCUT2D eigenvalue weighted by Crippen LogP contribution is -2.31. The van der Waals surface area contributed by atoms with E-state index in [-0.39, 0.29) is 0 Å². The van der Waals surface area contributed by atoms with Crippen LogP contribution in [0.2, 0.25) is 5.02 Å². The van der Waals surface area contributed by atoms with Crippen molar-refractivity contribution in [2.75, 3.05) is 20.1 Å². The first kappa shape index (κ1) is 15.8. The monoisotopic (exact) mass is 294 g/mol. The van der Waals surface area contributed by atoms with Crippen LogP contribution in [0.3, 0.4) is 0 Å². The van der Waals surface area contributed by atoms with Gasteiger partial charge in [0.15, 0.2) is 0 Å². The minimum Gasteiger partial charge on any atom is -0.330 e. The summed E-state index contributed by atoms with van der Waals surface area (Å²) >= 11 is 6.09. The second kappa shape index (κ2) is 7.44.